The monoisotopic (exact) mass is 305 g/mol. The fourth-order valence-electron chi connectivity index (χ4n) is 2.15. The van der Waals surface area contributed by atoms with Crippen LogP contribution in [-0.2, 0) is 10.0 Å². The SMILES string of the molecule is C[C@H](NS(=O)(=O)c1ccccc1)c1ccc2c(c1)OCO2. The number of nitrogens with one attached hydrogen (secondary N) is 1. The Morgan fingerprint density at radius 1 is 1.05 bits per heavy atom. The van der Waals surface area contributed by atoms with E-state index in [2.05, 4.69) is 4.72 Å². The minimum atomic E-state index is -3.54. The lowest BCUT2D eigenvalue weighted by atomic mass is 10.1. The molecule has 0 saturated heterocycles. The van der Waals surface area contributed by atoms with Crippen LogP contribution in [0.3, 0.4) is 0 Å². The molecule has 110 valence electrons. The van der Waals surface area contributed by atoms with Crippen LogP contribution in [-0.4, -0.2) is 15.2 Å². The molecule has 1 heterocycles. The van der Waals surface area contributed by atoms with E-state index in [1.165, 1.54) is 0 Å². The molecule has 0 unspecified atom stereocenters. The van der Waals surface area contributed by atoms with Gasteiger partial charge in [-0.2, -0.15) is 0 Å². The second-order valence-corrected chi connectivity index (χ2v) is 6.48. The minimum Gasteiger partial charge on any atom is -0.454 e. The predicted molar refractivity (Wildman–Crippen MR) is 77.7 cm³/mol. The van der Waals surface area contributed by atoms with Gasteiger partial charge in [-0.25, -0.2) is 13.1 Å². The summed E-state index contributed by atoms with van der Waals surface area (Å²) < 4.78 is 37.8. The molecule has 6 heteroatoms. The molecule has 1 aliphatic rings. The van der Waals surface area contributed by atoms with E-state index < -0.39 is 10.0 Å². The normalized spacial score (nSPS) is 14.9. The zero-order chi connectivity index (χ0) is 14.9. The number of benzene rings is 2. The lowest BCUT2D eigenvalue weighted by Crippen LogP contribution is -2.26. The first kappa shape index (κ1) is 13.9. The minimum absolute atomic E-state index is 0.197. The molecule has 1 N–H and O–H groups in total. The average Bonchev–Trinajstić information content (AvgIpc) is 2.95. The summed E-state index contributed by atoms with van der Waals surface area (Å²) in [4.78, 5) is 0.248. The lowest BCUT2D eigenvalue weighted by Gasteiger charge is -2.15. The summed E-state index contributed by atoms with van der Waals surface area (Å²) in [6, 6.07) is 13.3. The Labute approximate surface area is 123 Å². The van der Waals surface area contributed by atoms with Crippen LogP contribution in [0.25, 0.3) is 0 Å². The van der Waals surface area contributed by atoms with E-state index in [0.717, 1.165) is 5.56 Å². The van der Waals surface area contributed by atoms with Gasteiger partial charge in [-0.3, -0.25) is 0 Å². The highest BCUT2D eigenvalue weighted by molar-refractivity contribution is 7.89. The molecule has 21 heavy (non-hydrogen) atoms. The molecule has 3 rings (SSSR count). The predicted octanol–water partition coefficient (Wildman–Crippen LogP) is 2.45. The molecule has 0 bridgehead atoms. The largest absolute Gasteiger partial charge is 0.454 e. The third-order valence-electron chi connectivity index (χ3n) is 3.28. The van der Waals surface area contributed by atoms with E-state index in [4.69, 9.17) is 9.47 Å². The summed E-state index contributed by atoms with van der Waals surface area (Å²) in [5.41, 5.74) is 0.818. The maximum atomic E-state index is 12.3. The molecule has 0 aliphatic carbocycles. The van der Waals surface area contributed by atoms with E-state index in [1.54, 1.807) is 49.4 Å². The van der Waals surface area contributed by atoms with Gasteiger partial charge in [0.15, 0.2) is 11.5 Å². The molecule has 2 aromatic carbocycles. The highest BCUT2D eigenvalue weighted by Gasteiger charge is 2.20. The number of hydrogen-bond donors (Lipinski definition) is 1. The molecule has 1 aliphatic heterocycles. The number of hydrogen-bond acceptors (Lipinski definition) is 4. The van der Waals surface area contributed by atoms with Crippen LogP contribution in [0.15, 0.2) is 53.4 Å². The van der Waals surface area contributed by atoms with Crippen LogP contribution in [0.4, 0.5) is 0 Å². The van der Waals surface area contributed by atoms with Crippen molar-refractivity contribution >= 4 is 10.0 Å². The topological polar surface area (TPSA) is 64.6 Å². The van der Waals surface area contributed by atoms with Crippen molar-refractivity contribution in [3.8, 4) is 11.5 Å². The number of fused-ring (bicyclic) bond motifs is 1. The number of ether oxygens (including phenoxy) is 2. The first-order chi connectivity index (χ1) is 10.1. The third kappa shape index (κ3) is 2.86. The Hall–Kier alpha value is -2.05. The van der Waals surface area contributed by atoms with E-state index in [1.807, 2.05) is 6.07 Å². The highest BCUT2D eigenvalue weighted by Crippen LogP contribution is 2.34. The third-order valence-corrected chi connectivity index (χ3v) is 4.84. The fourth-order valence-corrected chi connectivity index (χ4v) is 3.40. The number of rotatable bonds is 4. The molecule has 1 atom stereocenters. The van der Waals surface area contributed by atoms with Crippen LogP contribution in [0.2, 0.25) is 0 Å². The average molecular weight is 305 g/mol. The van der Waals surface area contributed by atoms with Crippen LogP contribution < -0.4 is 14.2 Å². The van der Waals surface area contributed by atoms with Gasteiger partial charge in [-0.15, -0.1) is 0 Å². The Morgan fingerprint density at radius 2 is 1.76 bits per heavy atom. The van der Waals surface area contributed by atoms with Crippen molar-refractivity contribution in [2.75, 3.05) is 6.79 Å². The standard InChI is InChI=1S/C15H15NO4S/c1-11(12-7-8-14-15(9-12)20-10-19-14)16-21(17,18)13-5-3-2-4-6-13/h2-9,11,16H,10H2,1H3/t11-/m0/s1. The van der Waals surface area contributed by atoms with Crippen molar-refractivity contribution in [2.45, 2.75) is 17.9 Å². The molecule has 5 nitrogen and oxygen atoms in total. The smallest absolute Gasteiger partial charge is 0.241 e. The maximum Gasteiger partial charge on any atom is 0.241 e. The van der Waals surface area contributed by atoms with E-state index in [0.29, 0.717) is 11.5 Å². The first-order valence-electron chi connectivity index (χ1n) is 6.53. The Kier molecular flexibility index (Phi) is 3.57. The second kappa shape index (κ2) is 5.38. The van der Waals surface area contributed by atoms with E-state index in [9.17, 15) is 8.42 Å². The van der Waals surface area contributed by atoms with Crippen molar-refractivity contribution in [1.82, 2.24) is 4.72 Å². The molecule has 0 aromatic heterocycles. The van der Waals surface area contributed by atoms with Gasteiger partial charge >= 0.3 is 0 Å². The van der Waals surface area contributed by atoms with Crippen LogP contribution in [0, 0.1) is 0 Å². The van der Waals surface area contributed by atoms with Crippen molar-refractivity contribution in [3.05, 3.63) is 54.1 Å². The molecule has 0 fully saturated rings. The summed E-state index contributed by atoms with van der Waals surface area (Å²) >= 11 is 0. The second-order valence-electron chi connectivity index (χ2n) is 4.77. The Morgan fingerprint density at radius 3 is 2.52 bits per heavy atom. The van der Waals surface area contributed by atoms with E-state index >= 15 is 0 Å². The first-order valence-corrected chi connectivity index (χ1v) is 8.01. The van der Waals surface area contributed by atoms with Gasteiger partial charge in [-0.1, -0.05) is 24.3 Å². The Bertz CT molecular complexity index is 744. The quantitative estimate of drug-likeness (QED) is 0.942. The zero-order valence-electron chi connectivity index (χ0n) is 11.4. The van der Waals surface area contributed by atoms with Crippen molar-refractivity contribution in [3.63, 3.8) is 0 Å². The van der Waals surface area contributed by atoms with Crippen molar-refractivity contribution in [2.24, 2.45) is 0 Å². The fraction of sp³-hybridized carbons (Fsp3) is 0.200. The summed E-state index contributed by atoms with van der Waals surface area (Å²) in [5, 5.41) is 0. The van der Waals surface area contributed by atoms with Crippen LogP contribution >= 0.6 is 0 Å². The molecular formula is C15H15NO4S. The van der Waals surface area contributed by atoms with Gasteiger partial charge in [0.2, 0.25) is 16.8 Å². The van der Waals surface area contributed by atoms with Gasteiger partial charge < -0.3 is 9.47 Å². The molecule has 0 saturated carbocycles. The molecular weight excluding hydrogens is 290 g/mol. The lowest BCUT2D eigenvalue weighted by molar-refractivity contribution is 0.174. The zero-order valence-corrected chi connectivity index (χ0v) is 12.3. The van der Waals surface area contributed by atoms with Gasteiger partial charge in [0.05, 0.1) is 4.90 Å². The van der Waals surface area contributed by atoms with Gasteiger partial charge in [0, 0.05) is 6.04 Å². The molecule has 2 aromatic rings. The summed E-state index contributed by atoms with van der Waals surface area (Å²) in [5.74, 6) is 1.31. The maximum absolute atomic E-state index is 12.3. The number of sulfonamides is 1. The summed E-state index contributed by atoms with van der Waals surface area (Å²) in [6.07, 6.45) is 0. The summed E-state index contributed by atoms with van der Waals surface area (Å²) in [7, 11) is -3.54. The van der Waals surface area contributed by atoms with Gasteiger partial charge in [0.1, 0.15) is 0 Å². The van der Waals surface area contributed by atoms with Crippen LogP contribution in [0.1, 0.15) is 18.5 Å². The molecule has 0 radical (unpaired) electrons. The van der Waals surface area contributed by atoms with Crippen molar-refractivity contribution in [1.29, 1.82) is 0 Å². The highest BCUT2D eigenvalue weighted by atomic mass is 32.2. The molecule has 0 spiro atoms. The van der Waals surface area contributed by atoms with Crippen LogP contribution in [0.5, 0.6) is 11.5 Å². The Balaban J connectivity index is 1.82. The van der Waals surface area contributed by atoms with Gasteiger partial charge in [0.25, 0.3) is 0 Å². The van der Waals surface area contributed by atoms with E-state index in [-0.39, 0.29) is 17.7 Å². The van der Waals surface area contributed by atoms with Gasteiger partial charge in [-0.05, 0) is 36.8 Å². The molecule has 0 amide bonds. The van der Waals surface area contributed by atoms with Crippen molar-refractivity contribution < 1.29 is 17.9 Å². The summed E-state index contributed by atoms with van der Waals surface area (Å²) in [6.45, 7) is 1.99.